The van der Waals surface area contributed by atoms with E-state index in [0.717, 1.165) is 12.0 Å². The third-order valence-electron chi connectivity index (χ3n) is 2.86. The first-order valence-electron chi connectivity index (χ1n) is 5.44. The predicted octanol–water partition coefficient (Wildman–Crippen LogP) is 3.91. The number of halogens is 1. The lowest BCUT2D eigenvalue weighted by atomic mass is 9.82. The summed E-state index contributed by atoms with van der Waals surface area (Å²) in [6.07, 6.45) is 0.915. The van der Waals surface area contributed by atoms with E-state index in [-0.39, 0.29) is 11.2 Å². The van der Waals surface area contributed by atoms with Gasteiger partial charge >= 0.3 is 0 Å². The van der Waals surface area contributed by atoms with Crippen molar-refractivity contribution in [3.63, 3.8) is 0 Å². The second-order valence-corrected chi connectivity index (χ2v) is 4.31. The second kappa shape index (κ2) is 4.65. The predicted molar refractivity (Wildman–Crippen MR) is 60.9 cm³/mol. The summed E-state index contributed by atoms with van der Waals surface area (Å²) in [5.74, 6) is 0.429. The Hall–Kier alpha value is -1.05. The lowest BCUT2D eigenvalue weighted by molar-refractivity contribution is 0.337. The maximum atomic E-state index is 13.8. The highest BCUT2D eigenvalue weighted by atomic mass is 19.1. The Labute approximate surface area is 91.3 Å². The monoisotopic (exact) mass is 210 g/mol. The summed E-state index contributed by atoms with van der Waals surface area (Å²) >= 11 is 0. The standard InChI is InChI=1S/C13H19FO/c1-5-13(3,4)11-8-7-10(15-6-2)9-12(11)14/h7-9H,5-6H2,1-4H3. The minimum absolute atomic E-state index is 0.116. The zero-order chi connectivity index (χ0) is 11.5. The van der Waals surface area contributed by atoms with Crippen LogP contribution in [0.3, 0.4) is 0 Å². The van der Waals surface area contributed by atoms with Gasteiger partial charge in [0.05, 0.1) is 6.61 Å². The molecule has 0 unspecified atom stereocenters. The molecule has 0 aliphatic carbocycles. The molecule has 0 bridgehead atoms. The molecule has 0 amide bonds. The molecule has 1 rings (SSSR count). The quantitative estimate of drug-likeness (QED) is 0.732. The Morgan fingerprint density at radius 1 is 1.27 bits per heavy atom. The molecule has 0 fully saturated rings. The van der Waals surface area contributed by atoms with Gasteiger partial charge in [0.25, 0.3) is 0 Å². The number of ether oxygens (including phenoxy) is 1. The van der Waals surface area contributed by atoms with Crippen LogP contribution in [0.1, 0.15) is 39.7 Å². The normalized spacial score (nSPS) is 11.5. The topological polar surface area (TPSA) is 9.23 Å². The van der Waals surface area contributed by atoms with Gasteiger partial charge in [-0.15, -0.1) is 0 Å². The summed E-state index contributed by atoms with van der Waals surface area (Å²) < 4.78 is 19.0. The molecular formula is C13H19FO. The lowest BCUT2D eigenvalue weighted by Gasteiger charge is -2.24. The third kappa shape index (κ3) is 2.71. The first-order valence-corrected chi connectivity index (χ1v) is 5.44. The van der Waals surface area contributed by atoms with Gasteiger partial charge < -0.3 is 4.74 Å². The Bertz CT molecular complexity index is 331. The van der Waals surface area contributed by atoms with E-state index in [0.29, 0.717) is 12.4 Å². The van der Waals surface area contributed by atoms with Crippen molar-refractivity contribution in [3.05, 3.63) is 29.6 Å². The largest absolute Gasteiger partial charge is 0.494 e. The Balaban J connectivity index is 3.03. The molecule has 2 heteroatoms. The van der Waals surface area contributed by atoms with Gasteiger partial charge in [-0.25, -0.2) is 4.39 Å². The SMILES string of the molecule is CCOc1ccc(C(C)(C)CC)c(F)c1. The Morgan fingerprint density at radius 3 is 2.40 bits per heavy atom. The van der Waals surface area contributed by atoms with Crippen molar-refractivity contribution < 1.29 is 9.13 Å². The van der Waals surface area contributed by atoms with Crippen LogP contribution in [0.4, 0.5) is 4.39 Å². The van der Waals surface area contributed by atoms with Crippen LogP contribution in [0.2, 0.25) is 0 Å². The Kier molecular flexibility index (Phi) is 3.72. The van der Waals surface area contributed by atoms with E-state index in [1.807, 2.05) is 32.9 Å². The van der Waals surface area contributed by atoms with Crippen LogP contribution in [-0.2, 0) is 5.41 Å². The number of hydrogen-bond donors (Lipinski definition) is 0. The molecule has 15 heavy (non-hydrogen) atoms. The van der Waals surface area contributed by atoms with Crippen LogP contribution in [0, 0.1) is 5.82 Å². The van der Waals surface area contributed by atoms with Gasteiger partial charge in [0.15, 0.2) is 0 Å². The van der Waals surface area contributed by atoms with Crippen LogP contribution in [-0.4, -0.2) is 6.61 Å². The highest BCUT2D eigenvalue weighted by Crippen LogP contribution is 2.30. The molecule has 0 aromatic heterocycles. The lowest BCUT2D eigenvalue weighted by Crippen LogP contribution is -2.17. The fourth-order valence-electron chi connectivity index (χ4n) is 1.49. The van der Waals surface area contributed by atoms with Gasteiger partial charge in [-0.05, 0) is 30.4 Å². The molecule has 0 aliphatic heterocycles. The highest BCUT2D eigenvalue weighted by molar-refractivity contribution is 5.33. The summed E-state index contributed by atoms with van der Waals surface area (Å²) in [6.45, 7) is 8.62. The zero-order valence-corrected chi connectivity index (χ0v) is 9.93. The zero-order valence-electron chi connectivity index (χ0n) is 9.93. The molecule has 0 spiro atoms. The maximum absolute atomic E-state index is 13.8. The molecule has 0 heterocycles. The van der Waals surface area contributed by atoms with Crippen LogP contribution in [0.15, 0.2) is 18.2 Å². The van der Waals surface area contributed by atoms with Crippen LogP contribution >= 0.6 is 0 Å². The van der Waals surface area contributed by atoms with Crippen molar-refractivity contribution in [2.75, 3.05) is 6.61 Å². The molecule has 84 valence electrons. The summed E-state index contributed by atoms with van der Waals surface area (Å²) in [4.78, 5) is 0. The van der Waals surface area contributed by atoms with Gasteiger partial charge in [0.1, 0.15) is 11.6 Å². The van der Waals surface area contributed by atoms with Crippen molar-refractivity contribution in [2.45, 2.75) is 39.5 Å². The fraction of sp³-hybridized carbons (Fsp3) is 0.538. The number of benzene rings is 1. The van der Waals surface area contributed by atoms with Crippen molar-refractivity contribution in [1.29, 1.82) is 0 Å². The average molecular weight is 210 g/mol. The maximum Gasteiger partial charge on any atom is 0.130 e. The van der Waals surface area contributed by atoms with E-state index < -0.39 is 0 Å². The van der Waals surface area contributed by atoms with E-state index in [1.165, 1.54) is 6.07 Å². The van der Waals surface area contributed by atoms with Crippen molar-refractivity contribution >= 4 is 0 Å². The molecule has 1 aromatic carbocycles. The smallest absolute Gasteiger partial charge is 0.130 e. The van der Waals surface area contributed by atoms with Crippen molar-refractivity contribution in [2.24, 2.45) is 0 Å². The van der Waals surface area contributed by atoms with Gasteiger partial charge in [0.2, 0.25) is 0 Å². The summed E-state index contributed by atoms with van der Waals surface area (Å²) in [5, 5.41) is 0. The molecule has 1 aromatic rings. The van der Waals surface area contributed by atoms with Crippen LogP contribution < -0.4 is 4.74 Å². The minimum atomic E-state index is -0.173. The molecule has 0 saturated heterocycles. The van der Waals surface area contributed by atoms with Crippen LogP contribution in [0.5, 0.6) is 5.75 Å². The first-order chi connectivity index (χ1) is 7.01. The number of hydrogen-bond acceptors (Lipinski definition) is 1. The summed E-state index contributed by atoms with van der Waals surface area (Å²) in [5.41, 5.74) is 0.642. The fourth-order valence-corrected chi connectivity index (χ4v) is 1.49. The van der Waals surface area contributed by atoms with Gasteiger partial charge in [-0.3, -0.25) is 0 Å². The average Bonchev–Trinajstić information content (AvgIpc) is 2.18. The molecule has 0 saturated carbocycles. The van der Waals surface area contributed by atoms with E-state index >= 15 is 0 Å². The third-order valence-corrected chi connectivity index (χ3v) is 2.86. The second-order valence-electron chi connectivity index (χ2n) is 4.31. The molecule has 0 aliphatic rings. The van der Waals surface area contributed by atoms with Gasteiger partial charge in [0, 0.05) is 6.07 Å². The van der Waals surface area contributed by atoms with E-state index in [2.05, 4.69) is 6.92 Å². The first kappa shape index (κ1) is 12.0. The Morgan fingerprint density at radius 2 is 1.93 bits per heavy atom. The molecule has 0 N–H and O–H groups in total. The van der Waals surface area contributed by atoms with E-state index in [9.17, 15) is 4.39 Å². The van der Waals surface area contributed by atoms with Crippen LogP contribution in [0.25, 0.3) is 0 Å². The number of rotatable bonds is 4. The van der Waals surface area contributed by atoms with Crippen molar-refractivity contribution in [1.82, 2.24) is 0 Å². The van der Waals surface area contributed by atoms with Gasteiger partial charge in [-0.1, -0.05) is 26.8 Å². The van der Waals surface area contributed by atoms with E-state index in [4.69, 9.17) is 4.74 Å². The molecular weight excluding hydrogens is 191 g/mol. The van der Waals surface area contributed by atoms with E-state index in [1.54, 1.807) is 0 Å². The summed E-state index contributed by atoms with van der Waals surface area (Å²) in [7, 11) is 0. The molecule has 1 nitrogen and oxygen atoms in total. The summed E-state index contributed by atoms with van der Waals surface area (Å²) in [6, 6.07) is 5.12. The minimum Gasteiger partial charge on any atom is -0.494 e. The van der Waals surface area contributed by atoms with Gasteiger partial charge in [-0.2, -0.15) is 0 Å². The van der Waals surface area contributed by atoms with Crippen molar-refractivity contribution in [3.8, 4) is 5.75 Å². The molecule has 0 atom stereocenters. The highest BCUT2D eigenvalue weighted by Gasteiger charge is 2.22. The molecule has 0 radical (unpaired) electrons.